The second-order valence-corrected chi connectivity index (χ2v) is 7.71. The Morgan fingerprint density at radius 1 is 1.12 bits per heavy atom. The zero-order valence-corrected chi connectivity index (χ0v) is 18.5. The van der Waals surface area contributed by atoms with Gasteiger partial charge in [-0.05, 0) is 23.6 Å². The second kappa shape index (κ2) is 10.4. The van der Waals surface area contributed by atoms with Gasteiger partial charge in [-0.3, -0.25) is 10.2 Å². The van der Waals surface area contributed by atoms with Gasteiger partial charge in [0.1, 0.15) is 23.7 Å². The van der Waals surface area contributed by atoms with Gasteiger partial charge in [-0.2, -0.15) is 0 Å². The fourth-order valence-corrected chi connectivity index (χ4v) is 3.12. The number of nitrogen functional groups attached to an aromatic ring is 1. The maximum absolute atomic E-state index is 12.5. The largest absolute Gasteiger partial charge is 0.496 e. The van der Waals surface area contributed by atoms with Gasteiger partial charge in [-0.1, -0.05) is 50.2 Å². The van der Waals surface area contributed by atoms with E-state index < -0.39 is 0 Å². The third kappa shape index (κ3) is 5.40. The standard InChI is InChI=1S/C24H28N6O2/c1-15(2)12-27-23-20(22(26)29-14-30-23)21(25)17-10-8-16(9-11-17)13-28-24(31)18-6-4-5-7-19(18)32-3/h4-11,14-15,25H,12-13H2,1-3H3,(H,28,31)(H3,26,27,29,30). The van der Waals surface area contributed by atoms with Gasteiger partial charge < -0.3 is 21.1 Å². The Labute approximate surface area is 187 Å². The van der Waals surface area contributed by atoms with Crippen molar-refractivity contribution >= 4 is 23.3 Å². The molecule has 0 radical (unpaired) electrons. The summed E-state index contributed by atoms with van der Waals surface area (Å²) in [6, 6.07) is 14.5. The summed E-state index contributed by atoms with van der Waals surface area (Å²) < 4.78 is 5.24. The highest BCUT2D eigenvalue weighted by molar-refractivity contribution is 6.16. The van der Waals surface area contributed by atoms with E-state index in [1.165, 1.54) is 13.4 Å². The van der Waals surface area contributed by atoms with Crippen LogP contribution >= 0.6 is 0 Å². The number of methoxy groups -OCH3 is 1. The predicted octanol–water partition coefficient (Wildman–Crippen LogP) is 3.48. The molecule has 5 N–H and O–H groups in total. The predicted molar refractivity (Wildman–Crippen MR) is 126 cm³/mol. The maximum atomic E-state index is 12.5. The summed E-state index contributed by atoms with van der Waals surface area (Å²) in [5.74, 6) is 1.53. The van der Waals surface area contributed by atoms with E-state index in [9.17, 15) is 4.79 Å². The maximum Gasteiger partial charge on any atom is 0.255 e. The van der Waals surface area contributed by atoms with Gasteiger partial charge in [0.25, 0.3) is 5.91 Å². The molecule has 0 aliphatic rings. The molecule has 1 amide bonds. The van der Waals surface area contributed by atoms with Crippen LogP contribution in [0.25, 0.3) is 0 Å². The van der Waals surface area contributed by atoms with E-state index >= 15 is 0 Å². The van der Waals surface area contributed by atoms with E-state index in [1.54, 1.807) is 18.2 Å². The van der Waals surface area contributed by atoms with Gasteiger partial charge in [0.15, 0.2) is 0 Å². The average molecular weight is 433 g/mol. The van der Waals surface area contributed by atoms with Crippen molar-refractivity contribution in [3.05, 3.63) is 77.1 Å². The number of hydrogen-bond acceptors (Lipinski definition) is 7. The summed E-state index contributed by atoms with van der Waals surface area (Å²) in [4.78, 5) is 20.8. The molecule has 32 heavy (non-hydrogen) atoms. The molecule has 0 fully saturated rings. The number of nitrogens with one attached hydrogen (secondary N) is 3. The fourth-order valence-electron chi connectivity index (χ4n) is 3.12. The molecule has 0 bridgehead atoms. The Kier molecular flexibility index (Phi) is 7.38. The number of anilines is 2. The van der Waals surface area contributed by atoms with E-state index in [1.807, 2.05) is 30.3 Å². The van der Waals surface area contributed by atoms with Crippen LogP contribution in [-0.4, -0.2) is 35.2 Å². The van der Waals surface area contributed by atoms with Gasteiger partial charge in [0.2, 0.25) is 0 Å². The molecule has 3 aromatic rings. The molecule has 8 nitrogen and oxygen atoms in total. The monoisotopic (exact) mass is 432 g/mol. The van der Waals surface area contributed by atoms with Gasteiger partial charge in [-0.15, -0.1) is 0 Å². The highest BCUT2D eigenvalue weighted by Crippen LogP contribution is 2.22. The molecule has 0 unspecified atom stereocenters. The Morgan fingerprint density at radius 2 is 1.84 bits per heavy atom. The van der Waals surface area contributed by atoms with Crippen molar-refractivity contribution in [2.24, 2.45) is 5.92 Å². The third-order valence-electron chi connectivity index (χ3n) is 4.85. The fraction of sp³-hybridized carbons (Fsp3) is 0.250. The first-order chi connectivity index (χ1) is 15.4. The molecule has 0 aliphatic heterocycles. The number of hydrogen-bond donors (Lipinski definition) is 4. The summed E-state index contributed by atoms with van der Waals surface area (Å²) in [5.41, 5.74) is 8.84. The molecule has 3 rings (SSSR count). The lowest BCUT2D eigenvalue weighted by molar-refractivity contribution is 0.0948. The van der Waals surface area contributed by atoms with Crippen LogP contribution in [0.3, 0.4) is 0 Å². The number of para-hydroxylation sites is 1. The Morgan fingerprint density at radius 3 is 2.53 bits per heavy atom. The summed E-state index contributed by atoms with van der Waals surface area (Å²) in [6.07, 6.45) is 1.39. The highest BCUT2D eigenvalue weighted by Gasteiger charge is 2.17. The minimum Gasteiger partial charge on any atom is -0.496 e. The Balaban J connectivity index is 1.71. The van der Waals surface area contributed by atoms with Crippen LogP contribution in [0.4, 0.5) is 11.6 Å². The van der Waals surface area contributed by atoms with Gasteiger partial charge in [-0.25, -0.2) is 9.97 Å². The number of ether oxygens (including phenoxy) is 1. The molecule has 1 aromatic heterocycles. The smallest absolute Gasteiger partial charge is 0.255 e. The van der Waals surface area contributed by atoms with Crippen LogP contribution < -0.4 is 21.1 Å². The number of amides is 1. The van der Waals surface area contributed by atoms with Crippen molar-refractivity contribution < 1.29 is 9.53 Å². The molecule has 0 atom stereocenters. The van der Waals surface area contributed by atoms with Crippen molar-refractivity contribution in [2.75, 3.05) is 24.7 Å². The minimum absolute atomic E-state index is 0.214. The van der Waals surface area contributed by atoms with Crippen molar-refractivity contribution in [2.45, 2.75) is 20.4 Å². The molecule has 0 aliphatic carbocycles. The SMILES string of the molecule is COc1ccccc1C(=O)NCc1ccc(C(=N)c2c(N)ncnc2NCC(C)C)cc1. The first kappa shape index (κ1) is 22.7. The second-order valence-electron chi connectivity index (χ2n) is 7.71. The quantitative estimate of drug-likeness (QED) is 0.384. The first-order valence-corrected chi connectivity index (χ1v) is 10.3. The van der Waals surface area contributed by atoms with E-state index in [4.69, 9.17) is 15.9 Å². The summed E-state index contributed by atoms with van der Waals surface area (Å²) in [7, 11) is 1.54. The molecule has 0 spiro atoms. The van der Waals surface area contributed by atoms with Crippen LogP contribution in [0.15, 0.2) is 54.9 Å². The highest BCUT2D eigenvalue weighted by atomic mass is 16.5. The number of carbonyl (C=O) groups excluding carboxylic acids is 1. The average Bonchev–Trinajstić information content (AvgIpc) is 2.81. The normalized spacial score (nSPS) is 10.6. The number of carbonyl (C=O) groups is 1. The molecule has 1 heterocycles. The van der Waals surface area contributed by atoms with Crippen LogP contribution in [0.1, 0.15) is 40.9 Å². The third-order valence-corrected chi connectivity index (χ3v) is 4.85. The molecule has 8 heteroatoms. The number of rotatable bonds is 9. The van der Waals surface area contributed by atoms with Crippen molar-refractivity contribution in [3.63, 3.8) is 0 Å². The molecule has 0 saturated heterocycles. The number of nitrogens with zero attached hydrogens (tertiary/aromatic N) is 2. The summed E-state index contributed by atoms with van der Waals surface area (Å²) in [5, 5.41) is 14.8. The lowest BCUT2D eigenvalue weighted by atomic mass is 10.0. The van der Waals surface area contributed by atoms with Crippen molar-refractivity contribution in [3.8, 4) is 5.75 Å². The number of nitrogens with two attached hydrogens (primary N) is 1. The van der Waals surface area contributed by atoms with Crippen LogP contribution in [-0.2, 0) is 6.54 Å². The zero-order chi connectivity index (χ0) is 23.1. The van der Waals surface area contributed by atoms with Crippen LogP contribution in [0, 0.1) is 11.3 Å². The summed E-state index contributed by atoms with van der Waals surface area (Å²) in [6.45, 7) is 5.24. The zero-order valence-electron chi connectivity index (χ0n) is 18.5. The lowest BCUT2D eigenvalue weighted by Crippen LogP contribution is -2.23. The van der Waals surface area contributed by atoms with Gasteiger partial charge in [0, 0.05) is 18.7 Å². The van der Waals surface area contributed by atoms with E-state index in [2.05, 4.69) is 34.4 Å². The van der Waals surface area contributed by atoms with Crippen molar-refractivity contribution in [1.29, 1.82) is 5.41 Å². The molecular formula is C24H28N6O2. The van der Waals surface area contributed by atoms with Crippen LogP contribution in [0.5, 0.6) is 5.75 Å². The molecule has 2 aromatic carbocycles. The summed E-state index contributed by atoms with van der Waals surface area (Å²) >= 11 is 0. The van der Waals surface area contributed by atoms with E-state index in [-0.39, 0.29) is 17.4 Å². The first-order valence-electron chi connectivity index (χ1n) is 10.3. The molecule has 0 saturated carbocycles. The minimum atomic E-state index is -0.214. The molecule has 166 valence electrons. The van der Waals surface area contributed by atoms with Crippen molar-refractivity contribution in [1.82, 2.24) is 15.3 Å². The number of benzene rings is 2. The number of aromatic nitrogens is 2. The Bertz CT molecular complexity index is 1100. The lowest BCUT2D eigenvalue weighted by Gasteiger charge is -2.15. The van der Waals surface area contributed by atoms with Gasteiger partial charge in [0.05, 0.1) is 23.9 Å². The Hall–Kier alpha value is -3.94. The van der Waals surface area contributed by atoms with E-state index in [0.717, 1.165) is 5.56 Å². The topological polar surface area (TPSA) is 126 Å². The van der Waals surface area contributed by atoms with Gasteiger partial charge >= 0.3 is 0 Å². The van der Waals surface area contributed by atoms with Crippen LogP contribution in [0.2, 0.25) is 0 Å². The molecular weight excluding hydrogens is 404 g/mol. The van der Waals surface area contributed by atoms with E-state index in [0.29, 0.717) is 47.3 Å².